The molecule has 2 rings (SSSR count). The van der Waals surface area contributed by atoms with Crippen LogP contribution in [0.5, 0.6) is 0 Å². The van der Waals surface area contributed by atoms with Gasteiger partial charge in [0, 0.05) is 6.54 Å². The molecule has 0 aliphatic rings. The zero-order valence-electron chi connectivity index (χ0n) is 10.9. The summed E-state index contributed by atoms with van der Waals surface area (Å²) in [5, 5.41) is 13.7. The summed E-state index contributed by atoms with van der Waals surface area (Å²) < 4.78 is 37.8. The quantitative estimate of drug-likeness (QED) is 0.489. The highest BCUT2D eigenvalue weighted by molar-refractivity contribution is 9.10. The molecule has 116 valence electrons. The Morgan fingerprint density at radius 3 is 2.45 bits per heavy atom. The summed E-state index contributed by atoms with van der Waals surface area (Å²) in [6, 6.07) is 9.44. The highest BCUT2D eigenvalue weighted by atomic mass is 79.9. The molecule has 0 radical (unpaired) electrons. The molecule has 0 fully saturated rings. The molecule has 1 aromatic heterocycles. The van der Waals surface area contributed by atoms with Crippen LogP contribution in [-0.2, 0) is 12.7 Å². The van der Waals surface area contributed by atoms with E-state index in [0.29, 0.717) is 6.07 Å². The summed E-state index contributed by atoms with van der Waals surface area (Å²) in [6.07, 6.45) is -4.69. The largest absolute Gasteiger partial charge is 0.433 e. The first-order valence-electron chi connectivity index (χ1n) is 5.99. The van der Waals surface area contributed by atoms with Gasteiger partial charge in [-0.3, -0.25) is 10.1 Å². The number of benzene rings is 1. The molecule has 0 amide bonds. The second-order valence-electron chi connectivity index (χ2n) is 4.29. The number of nitrogens with zero attached hydrogens (tertiary/aromatic N) is 2. The van der Waals surface area contributed by atoms with E-state index in [9.17, 15) is 23.3 Å². The SMILES string of the molecule is O=[N+]([O-])c1c(NCc2ccccc2)cc(C(F)(F)F)nc1Br. The molecule has 9 heteroatoms. The van der Waals surface area contributed by atoms with E-state index in [2.05, 4.69) is 26.2 Å². The maximum atomic E-state index is 12.8. The molecule has 0 saturated carbocycles. The second-order valence-corrected chi connectivity index (χ2v) is 5.04. The average Bonchev–Trinajstić information content (AvgIpc) is 2.44. The van der Waals surface area contributed by atoms with Crippen LogP contribution >= 0.6 is 15.9 Å². The number of nitro groups is 1. The molecule has 0 spiro atoms. The lowest BCUT2D eigenvalue weighted by Crippen LogP contribution is -2.12. The number of rotatable bonds is 4. The summed E-state index contributed by atoms with van der Waals surface area (Å²) in [5.41, 5.74) is -1.22. The molecule has 0 atom stereocenters. The molecular formula is C13H9BrF3N3O2. The Bertz CT molecular complexity index is 693. The first kappa shape index (κ1) is 16.2. The second kappa shape index (κ2) is 6.30. The molecule has 1 heterocycles. The van der Waals surface area contributed by atoms with Crippen molar-refractivity contribution >= 4 is 27.3 Å². The molecule has 2 aromatic rings. The fourth-order valence-electron chi connectivity index (χ4n) is 1.75. The van der Waals surface area contributed by atoms with Gasteiger partial charge in [0.25, 0.3) is 0 Å². The topological polar surface area (TPSA) is 68.1 Å². The third-order valence-corrected chi connectivity index (χ3v) is 3.30. The molecule has 0 unspecified atom stereocenters. The molecular weight excluding hydrogens is 367 g/mol. The lowest BCUT2D eigenvalue weighted by molar-refractivity contribution is -0.385. The number of anilines is 1. The molecule has 1 aromatic carbocycles. The third-order valence-electron chi connectivity index (χ3n) is 2.75. The van der Waals surface area contributed by atoms with Crippen molar-refractivity contribution in [1.82, 2.24) is 4.98 Å². The van der Waals surface area contributed by atoms with Crippen LogP contribution in [-0.4, -0.2) is 9.91 Å². The lowest BCUT2D eigenvalue weighted by atomic mass is 10.2. The normalized spacial score (nSPS) is 11.3. The van der Waals surface area contributed by atoms with Gasteiger partial charge in [0.2, 0.25) is 0 Å². The number of nitrogens with one attached hydrogen (secondary N) is 1. The summed E-state index contributed by atoms with van der Waals surface area (Å²) >= 11 is 2.72. The minimum absolute atomic E-state index is 0.148. The van der Waals surface area contributed by atoms with Crippen LogP contribution in [0.15, 0.2) is 41.0 Å². The van der Waals surface area contributed by atoms with Crippen molar-refractivity contribution in [1.29, 1.82) is 0 Å². The third kappa shape index (κ3) is 3.73. The van der Waals surface area contributed by atoms with Gasteiger partial charge in [0.05, 0.1) is 4.92 Å². The summed E-state index contributed by atoms with van der Waals surface area (Å²) in [7, 11) is 0. The highest BCUT2D eigenvalue weighted by Gasteiger charge is 2.36. The van der Waals surface area contributed by atoms with E-state index in [1.807, 2.05) is 0 Å². The van der Waals surface area contributed by atoms with Crippen molar-refractivity contribution < 1.29 is 18.1 Å². The van der Waals surface area contributed by atoms with Crippen molar-refractivity contribution in [3.8, 4) is 0 Å². The monoisotopic (exact) mass is 375 g/mol. The smallest absolute Gasteiger partial charge is 0.375 e. The van der Waals surface area contributed by atoms with E-state index in [0.717, 1.165) is 5.56 Å². The van der Waals surface area contributed by atoms with Gasteiger partial charge < -0.3 is 5.32 Å². The molecule has 22 heavy (non-hydrogen) atoms. The van der Waals surface area contributed by atoms with Gasteiger partial charge in [0.15, 0.2) is 4.60 Å². The number of halogens is 4. The number of alkyl halides is 3. The Hall–Kier alpha value is -2.16. The van der Waals surface area contributed by atoms with Crippen LogP contribution in [0.2, 0.25) is 0 Å². The van der Waals surface area contributed by atoms with Crippen LogP contribution in [0.1, 0.15) is 11.3 Å². The van der Waals surface area contributed by atoms with Crippen LogP contribution in [0.25, 0.3) is 0 Å². The zero-order chi connectivity index (χ0) is 16.3. The first-order chi connectivity index (χ1) is 10.3. The predicted octanol–water partition coefficient (Wildman–Crippen LogP) is 4.38. The van der Waals surface area contributed by atoms with Crippen LogP contribution in [0.4, 0.5) is 24.5 Å². The van der Waals surface area contributed by atoms with Gasteiger partial charge >= 0.3 is 11.9 Å². The van der Waals surface area contributed by atoms with Gasteiger partial charge in [-0.1, -0.05) is 30.3 Å². The van der Waals surface area contributed by atoms with Crippen molar-refractivity contribution in [2.45, 2.75) is 12.7 Å². The molecule has 0 aliphatic carbocycles. The van der Waals surface area contributed by atoms with Crippen molar-refractivity contribution in [3.05, 3.63) is 62.4 Å². The maximum Gasteiger partial charge on any atom is 0.433 e. The van der Waals surface area contributed by atoms with E-state index in [1.165, 1.54) is 0 Å². The number of pyridine rings is 1. The average molecular weight is 376 g/mol. The van der Waals surface area contributed by atoms with E-state index in [1.54, 1.807) is 30.3 Å². The predicted molar refractivity (Wildman–Crippen MR) is 77.4 cm³/mol. The van der Waals surface area contributed by atoms with Gasteiger partial charge in [-0.15, -0.1) is 0 Å². The van der Waals surface area contributed by atoms with Gasteiger partial charge in [0.1, 0.15) is 11.4 Å². The highest BCUT2D eigenvalue weighted by Crippen LogP contribution is 2.37. The van der Waals surface area contributed by atoms with Crippen LogP contribution in [0.3, 0.4) is 0 Å². The first-order valence-corrected chi connectivity index (χ1v) is 6.78. The number of hydrogen-bond acceptors (Lipinski definition) is 4. The minimum Gasteiger partial charge on any atom is -0.375 e. The zero-order valence-corrected chi connectivity index (χ0v) is 12.5. The summed E-state index contributed by atoms with van der Waals surface area (Å²) in [6.45, 7) is 0.148. The van der Waals surface area contributed by atoms with Crippen LogP contribution in [0, 0.1) is 10.1 Å². The molecule has 5 nitrogen and oxygen atoms in total. The Kier molecular flexibility index (Phi) is 4.65. The van der Waals surface area contributed by atoms with Crippen molar-refractivity contribution in [3.63, 3.8) is 0 Å². The van der Waals surface area contributed by atoms with Gasteiger partial charge in [-0.2, -0.15) is 13.2 Å². The number of aromatic nitrogens is 1. The summed E-state index contributed by atoms with van der Waals surface area (Å²) in [4.78, 5) is 13.4. The Labute approximate surface area is 131 Å². The lowest BCUT2D eigenvalue weighted by Gasteiger charge is -2.12. The van der Waals surface area contributed by atoms with Gasteiger partial charge in [-0.25, -0.2) is 4.98 Å². The molecule has 0 aliphatic heterocycles. The Morgan fingerprint density at radius 1 is 1.27 bits per heavy atom. The maximum absolute atomic E-state index is 12.8. The van der Waals surface area contributed by atoms with E-state index < -0.39 is 27.1 Å². The van der Waals surface area contributed by atoms with Crippen molar-refractivity contribution in [2.75, 3.05) is 5.32 Å². The molecule has 0 bridgehead atoms. The standard InChI is InChI=1S/C13H9BrF3N3O2/c14-12-11(20(21)22)9(6-10(19-12)13(15,16)17)18-7-8-4-2-1-3-5-8/h1-6H,7H2,(H,18,19). The fourth-order valence-corrected chi connectivity index (χ4v) is 2.30. The van der Waals surface area contributed by atoms with Crippen molar-refractivity contribution in [2.24, 2.45) is 0 Å². The number of hydrogen-bond donors (Lipinski definition) is 1. The fraction of sp³-hybridized carbons (Fsp3) is 0.154. The van der Waals surface area contributed by atoms with Crippen LogP contribution < -0.4 is 5.32 Å². The molecule has 1 N–H and O–H groups in total. The minimum atomic E-state index is -4.69. The Balaban J connectivity index is 2.38. The summed E-state index contributed by atoms with van der Waals surface area (Å²) in [5.74, 6) is 0. The van der Waals surface area contributed by atoms with E-state index >= 15 is 0 Å². The van der Waals surface area contributed by atoms with Gasteiger partial charge in [-0.05, 0) is 27.6 Å². The van der Waals surface area contributed by atoms with E-state index in [-0.39, 0.29) is 12.2 Å². The molecule has 0 saturated heterocycles. The Morgan fingerprint density at radius 2 is 1.91 bits per heavy atom. The van der Waals surface area contributed by atoms with E-state index in [4.69, 9.17) is 0 Å².